The first-order valence-corrected chi connectivity index (χ1v) is 8.27. The summed E-state index contributed by atoms with van der Waals surface area (Å²) in [4.78, 5) is 10.7. The highest BCUT2D eigenvalue weighted by Gasteiger charge is 2.22. The third-order valence-corrected chi connectivity index (χ3v) is 5.10. The molecule has 7 heteroatoms. The van der Waals surface area contributed by atoms with Gasteiger partial charge >= 0.3 is 5.97 Å². The molecule has 0 heterocycles. The maximum atomic E-state index is 12.4. The lowest BCUT2D eigenvalue weighted by molar-refractivity contribution is -0.136. The molecule has 0 aromatic heterocycles. The monoisotopic (exact) mass is 315 g/mol. The molecule has 0 atom stereocenters. The van der Waals surface area contributed by atoms with Gasteiger partial charge in [-0.05, 0) is 30.5 Å². The van der Waals surface area contributed by atoms with E-state index in [4.69, 9.17) is 10.2 Å². The van der Waals surface area contributed by atoms with Gasteiger partial charge in [0.1, 0.15) is 0 Å². The molecule has 0 bridgehead atoms. The summed E-state index contributed by atoms with van der Waals surface area (Å²) in [7, 11) is -3.57. The first-order valence-electron chi connectivity index (χ1n) is 6.83. The second-order valence-corrected chi connectivity index (χ2v) is 6.55. The Balaban J connectivity index is 2.85. The molecule has 0 saturated carbocycles. The van der Waals surface area contributed by atoms with Crippen LogP contribution in [-0.2, 0) is 21.2 Å². The van der Waals surface area contributed by atoms with E-state index in [1.807, 2.05) is 0 Å². The van der Waals surface area contributed by atoms with E-state index < -0.39 is 16.0 Å². The van der Waals surface area contributed by atoms with Crippen LogP contribution in [0.5, 0.6) is 0 Å². The lowest BCUT2D eigenvalue weighted by Gasteiger charge is -2.20. The number of hydrogen-bond acceptors (Lipinski definition) is 4. The summed E-state index contributed by atoms with van der Waals surface area (Å²) in [5.74, 6) is -0.882. The first-order chi connectivity index (χ1) is 9.91. The van der Waals surface area contributed by atoms with Gasteiger partial charge in [0, 0.05) is 26.1 Å². The fraction of sp³-hybridized carbons (Fsp3) is 0.500. The molecule has 1 aromatic rings. The van der Waals surface area contributed by atoms with Crippen LogP contribution < -0.4 is 0 Å². The van der Waals surface area contributed by atoms with Crippen molar-refractivity contribution in [3.05, 3.63) is 29.8 Å². The summed E-state index contributed by atoms with van der Waals surface area (Å²) in [5.41, 5.74) is 0.787. The molecule has 0 unspecified atom stereocenters. The number of aliphatic carboxylic acids is 1. The number of carboxylic acid groups (broad SMARTS) is 1. The summed E-state index contributed by atoms with van der Waals surface area (Å²) in [6.07, 6.45) is 0.783. The fourth-order valence-corrected chi connectivity index (χ4v) is 3.41. The van der Waals surface area contributed by atoms with Crippen molar-refractivity contribution < 1.29 is 23.4 Å². The molecule has 0 spiro atoms. The van der Waals surface area contributed by atoms with E-state index in [0.717, 1.165) is 5.56 Å². The molecule has 0 aliphatic heterocycles. The van der Waals surface area contributed by atoms with Crippen molar-refractivity contribution in [1.82, 2.24) is 4.31 Å². The van der Waals surface area contributed by atoms with Crippen molar-refractivity contribution >= 4 is 16.0 Å². The van der Waals surface area contributed by atoms with E-state index in [1.54, 1.807) is 19.1 Å². The van der Waals surface area contributed by atoms with Gasteiger partial charge in [-0.15, -0.1) is 0 Å². The number of nitrogens with zero attached hydrogens (tertiary/aromatic N) is 1. The van der Waals surface area contributed by atoms with Crippen LogP contribution in [0.1, 0.15) is 25.3 Å². The summed E-state index contributed by atoms with van der Waals surface area (Å²) in [6.45, 7) is 2.30. The number of aliphatic hydroxyl groups is 1. The predicted molar refractivity (Wildman–Crippen MR) is 78.5 cm³/mol. The van der Waals surface area contributed by atoms with Crippen LogP contribution in [0.4, 0.5) is 0 Å². The highest BCUT2D eigenvalue weighted by Crippen LogP contribution is 2.17. The van der Waals surface area contributed by atoms with Gasteiger partial charge < -0.3 is 10.2 Å². The van der Waals surface area contributed by atoms with E-state index >= 15 is 0 Å². The van der Waals surface area contributed by atoms with E-state index in [-0.39, 0.29) is 24.5 Å². The lowest BCUT2D eigenvalue weighted by Crippen LogP contribution is -2.32. The van der Waals surface area contributed by atoms with Crippen molar-refractivity contribution in [2.75, 3.05) is 19.7 Å². The SMILES string of the molecule is CCN(CCCO)S(=O)(=O)c1ccc(CCC(=O)O)cc1. The zero-order chi connectivity index (χ0) is 15.9. The molecule has 0 radical (unpaired) electrons. The number of hydrogen-bond donors (Lipinski definition) is 2. The van der Waals surface area contributed by atoms with Crippen LogP contribution in [0.15, 0.2) is 29.2 Å². The average molecular weight is 315 g/mol. The molecule has 0 aliphatic rings. The van der Waals surface area contributed by atoms with Gasteiger partial charge in [-0.25, -0.2) is 8.42 Å². The number of carbonyl (C=O) groups is 1. The molecule has 21 heavy (non-hydrogen) atoms. The van der Waals surface area contributed by atoms with Gasteiger partial charge in [-0.1, -0.05) is 19.1 Å². The lowest BCUT2D eigenvalue weighted by atomic mass is 10.1. The van der Waals surface area contributed by atoms with E-state index in [0.29, 0.717) is 19.4 Å². The van der Waals surface area contributed by atoms with Crippen LogP contribution in [0.25, 0.3) is 0 Å². The van der Waals surface area contributed by atoms with E-state index in [1.165, 1.54) is 16.4 Å². The molecule has 1 rings (SSSR count). The minimum Gasteiger partial charge on any atom is -0.481 e. The summed E-state index contributed by atoms with van der Waals surface area (Å²) in [6, 6.07) is 6.26. The largest absolute Gasteiger partial charge is 0.481 e. The molecular weight excluding hydrogens is 294 g/mol. The van der Waals surface area contributed by atoms with Crippen molar-refractivity contribution in [3.8, 4) is 0 Å². The maximum Gasteiger partial charge on any atom is 0.303 e. The molecular formula is C14H21NO5S. The standard InChI is InChI=1S/C14H21NO5S/c1-2-15(10-3-11-16)21(19,20)13-7-4-12(5-8-13)6-9-14(17)18/h4-5,7-8,16H,2-3,6,9-11H2,1H3,(H,17,18). The quantitative estimate of drug-likeness (QED) is 0.711. The van der Waals surface area contributed by atoms with E-state index in [2.05, 4.69) is 0 Å². The van der Waals surface area contributed by atoms with Gasteiger partial charge in [0.2, 0.25) is 10.0 Å². The Labute approximate surface area is 125 Å². The second-order valence-electron chi connectivity index (χ2n) is 4.61. The Morgan fingerprint density at radius 2 is 1.86 bits per heavy atom. The highest BCUT2D eigenvalue weighted by atomic mass is 32.2. The number of sulfonamides is 1. The number of rotatable bonds is 9. The number of aliphatic hydroxyl groups excluding tert-OH is 1. The Bertz CT molecular complexity index is 553. The van der Waals surface area contributed by atoms with Crippen LogP contribution >= 0.6 is 0 Å². The number of carboxylic acids is 1. The number of benzene rings is 1. The molecule has 6 nitrogen and oxygen atoms in total. The molecule has 0 aliphatic carbocycles. The molecule has 0 fully saturated rings. The van der Waals surface area contributed by atoms with Crippen molar-refractivity contribution in [1.29, 1.82) is 0 Å². The van der Waals surface area contributed by atoms with Gasteiger partial charge in [0.25, 0.3) is 0 Å². The normalized spacial score (nSPS) is 11.8. The minimum absolute atomic E-state index is 0.0175. The topological polar surface area (TPSA) is 94.9 Å². The van der Waals surface area contributed by atoms with Crippen molar-refractivity contribution in [2.24, 2.45) is 0 Å². The van der Waals surface area contributed by atoms with Gasteiger partial charge in [0.15, 0.2) is 0 Å². The van der Waals surface area contributed by atoms with Crippen molar-refractivity contribution in [3.63, 3.8) is 0 Å². The average Bonchev–Trinajstić information content (AvgIpc) is 2.46. The second kappa shape index (κ2) is 8.11. The smallest absolute Gasteiger partial charge is 0.303 e. The highest BCUT2D eigenvalue weighted by molar-refractivity contribution is 7.89. The minimum atomic E-state index is -3.57. The zero-order valence-electron chi connectivity index (χ0n) is 12.0. The summed E-state index contributed by atoms with van der Waals surface area (Å²) in [5, 5.41) is 17.4. The molecule has 0 amide bonds. The van der Waals surface area contributed by atoms with Crippen LogP contribution in [0.3, 0.4) is 0 Å². The fourth-order valence-electron chi connectivity index (χ4n) is 1.92. The third kappa shape index (κ3) is 5.11. The molecule has 1 aromatic carbocycles. The van der Waals surface area contributed by atoms with Crippen molar-refractivity contribution in [2.45, 2.75) is 31.1 Å². The Morgan fingerprint density at radius 3 is 2.33 bits per heavy atom. The maximum absolute atomic E-state index is 12.4. The molecule has 0 saturated heterocycles. The Morgan fingerprint density at radius 1 is 1.24 bits per heavy atom. The van der Waals surface area contributed by atoms with Crippen LogP contribution in [0.2, 0.25) is 0 Å². The Hall–Kier alpha value is -1.44. The van der Waals surface area contributed by atoms with Crippen LogP contribution in [0, 0.1) is 0 Å². The first kappa shape index (κ1) is 17.6. The van der Waals surface area contributed by atoms with Gasteiger partial charge in [0.05, 0.1) is 4.90 Å². The summed E-state index contributed by atoms with van der Waals surface area (Å²) >= 11 is 0. The Kier molecular flexibility index (Phi) is 6.80. The zero-order valence-corrected chi connectivity index (χ0v) is 12.8. The van der Waals surface area contributed by atoms with E-state index in [9.17, 15) is 13.2 Å². The van der Waals surface area contributed by atoms with Crippen LogP contribution in [-0.4, -0.2) is 48.6 Å². The third-order valence-electron chi connectivity index (χ3n) is 3.11. The molecule has 118 valence electrons. The van der Waals surface area contributed by atoms with Gasteiger partial charge in [-0.2, -0.15) is 4.31 Å². The molecule has 2 N–H and O–H groups in total. The number of aryl methyl sites for hydroxylation is 1. The summed E-state index contributed by atoms with van der Waals surface area (Å²) < 4.78 is 26.1. The predicted octanol–water partition coefficient (Wildman–Crippen LogP) is 1.10. The van der Waals surface area contributed by atoms with Gasteiger partial charge in [-0.3, -0.25) is 4.79 Å².